The molecule has 0 atom stereocenters. The maximum atomic E-state index is 12.6. The molecule has 0 bridgehead atoms. The third-order valence-corrected chi connectivity index (χ3v) is 5.09. The number of aromatic nitrogens is 1. The number of hydrogen-bond donors (Lipinski definition) is 0. The van der Waals surface area contributed by atoms with Crippen molar-refractivity contribution in [3.63, 3.8) is 0 Å². The molecule has 1 aromatic heterocycles. The average molecular weight is 378 g/mol. The molecule has 0 amide bonds. The van der Waals surface area contributed by atoms with Crippen LogP contribution in [0.4, 0.5) is 0 Å². The van der Waals surface area contributed by atoms with E-state index in [0.29, 0.717) is 27.7 Å². The van der Waals surface area contributed by atoms with Gasteiger partial charge in [-0.2, -0.15) is 5.26 Å². The Morgan fingerprint density at radius 2 is 1.89 bits per heavy atom. The molecule has 27 heavy (non-hydrogen) atoms. The molecule has 3 rings (SSSR count). The van der Waals surface area contributed by atoms with Gasteiger partial charge in [0.2, 0.25) is 0 Å². The lowest BCUT2D eigenvalue weighted by molar-refractivity contribution is 0.102. The van der Waals surface area contributed by atoms with Gasteiger partial charge >= 0.3 is 0 Å². The van der Waals surface area contributed by atoms with Gasteiger partial charge in [-0.3, -0.25) is 4.79 Å². The molecule has 2 aromatic carbocycles. The van der Waals surface area contributed by atoms with Gasteiger partial charge in [-0.05, 0) is 43.3 Å². The first-order valence-electron chi connectivity index (χ1n) is 8.25. The van der Waals surface area contributed by atoms with Crippen LogP contribution >= 0.6 is 11.8 Å². The lowest BCUT2D eigenvalue weighted by Crippen LogP contribution is -2.04. The number of pyridine rings is 1. The first kappa shape index (κ1) is 18.7. The number of nitriles is 1. The van der Waals surface area contributed by atoms with Crippen molar-refractivity contribution in [2.75, 3.05) is 20.0 Å². The van der Waals surface area contributed by atoms with E-state index >= 15 is 0 Å². The van der Waals surface area contributed by atoms with Crippen LogP contribution in [0.3, 0.4) is 0 Å². The Labute approximate surface area is 161 Å². The standard InChI is InChI=1S/C21H18N2O3S/c1-13-4-6-17-15(8-13)9-16(11-22)21(23-17)27-12-18(24)14-5-7-19(25-2)20(10-14)26-3/h4-10H,12H2,1-3H3. The smallest absolute Gasteiger partial charge is 0.173 e. The summed E-state index contributed by atoms with van der Waals surface area (Å²) >= 11 is 1.26. The van der Waals surface area contributed by atoms with Crippen molar-refractivity contribution < 1.29 is 14.3 Å². The molecule has 0 unspecified atom stereocenters. The van der Waals surface area contributed by atoms with Crippen LogP contribution in [0.5, 0.6) is 11.5 Å². The number of nitrogens with zero attached hydrogens (tertiary/aromatic N) is 2. The molecule has 1 heterocycles. The van der Waals surface area contributed by atoms with E-state index in [-0.39, 0.29) is 11.5 Å². The van der Waals surface area contributed by atoms with Crippen molar-refractivity contribution in [3.8, 4) is 17.6 Å². The predicted octanol–water partition coefficient (Wildman–Crippen LogP) is 4.41. The molecule has 0 N–H and O–H groups in total. The third kappa shape index (κ3) is 4.04. The van der Waals surface area contributed by atoms with Gasteiger partial charge in [-0.15, -0.1) is 0 Å². The number of carbonyl (C=O) groups is 1. The van der Waals surface area contributed by atoms with Crippen LogP contribution in [-0.2, 0) is 0 Å². The van der Waals surface area contributed by atoms with E-state index < -0.39 is 0 Å². The monoisotopic (exact) mass is 378 g/mol. The maximum absolute atomic E-state index is 12.6. The Balaban J connectivity index is 1.83. The minimum Gasteiger partial charge on any atom is -0.493 e. The van der Waals surface area contributed by atoms with Crippen molar-refractivity contribution in [2.24, 2.45) is 0 Å². The van der Waals surface area contributed by atoms with Crippen molar-refractivity contribution in [1.29, 1.82) is 5.26 Å². The van der Waals surface area contributed by atoms with Gasteiger partial charge in [0.15, 0.2) is 17.3 Å². The predicted molar refractivity (Wildman–Crippen MR) is 106 cm³/mol. The maximum Gasteiger partial charge on any atom is 0.173 e. The molecule has 0 spiro atoms. The van der Waals surface area contributed by atoms with Crippen LogP contribution in [0, 0.1) is 18.3 Å². The molecule has 0 aliphatic rings. The highest BCUT2D eigenvalue weighted by atomic mass is 32.2. The fourth-order valence-corrected chi connectivity index (χ4v) is 3.55. The Morgan fingerprint density at radius 3 is 2.59 bits per heavy atom. The van der Waals surface area contributed by atoms with Crippen LogP contribution in [0.25, 0.3) is 10.9 Å². The lowest BCUT2D eigenvalue weighted by atomic mass is 10.1. The summed E-state index contributed by atoms with van der Waals surface area (Å²) in [6, 6.07) is 14.9. The SMILES string of the molecule is COc1ccc(C(=O)CSc2nc3ccc(C)cc3cc2C#N)cc1OC. The summed E-state index contributed by atoms with van der Waals surface area (Å²) in [6.45, 7) is 2.00. The molecule has 0 aliphatic heterocycles. The molecule has 3 aromatic rings. The Kier molecular flexibility index (Phi) is 5.63. The molecule has 0 fully saturated rings. The van der Waals surface area contributed by atoms with E-state index in [1.165, 1.54) is 18.9 Å². The average Bonchev–Trinajstić information content (AvgIpc) is 2.70. The fraction of sp³-hybridized carbons (Fsp3) is 0.190. The number of benzene rings is 2. The minimum absolute atomic E-state index is 0.0735. The van der Waals surface area contributed by atoms with Gasteiger partial charge < -0.3 is 9.47 Å². The number of ketones is 1. The normalized spacial score (nSPS) is 10.4. The molecule has 0 radical (unpaired) electrons. The summed E-state index contributed by atoms with van der Waals surface area (Å²) in [5.41, 5.74) is 2.91. The van der Waals surface area contributed by atoms with E-state index in [0.717, 1.165) is 16.5 Å². The lowest BCUT2D eigenvalue weighted by Gasteiger charge is -2.09. The van der Waals surface area contributed by atoms with Gasteiger partial charge in [0.1, 0.15) is 11.1 Å². The molecule has 0 aliphatic carbocycles. The number of aryl methyl sites for hydroxylation is 1. The van der Waals surface area contributed by atoms with E-state index in [1.807, 2.05) is 31.2 Å². The number of hydrogen-bond acceptors (Lipinski definition) is 6. The summed E-state index contributed by atoms with van der Waals surface area (Å²) in [6.07, 6.45) is 0. The van der Waals surface area contributed by atoms with E-state index in [1.54, 1.807) is 25.3 Å². The molecular formula is C21H18N2O3S. The highest BCUT2D eigenvalue weighted by Crippen LogP contribution is 2.29. The Hall–Kier alpha value is -3.04. The Morgan fingerprint density at radius 1 is 1.11 bits per heavy atom. The van der Waals surface area contributed by atoms with Gasteiger partial charge in [0.25, 0.3) is 0 Å². The van der Waals surface area contributed by atoms with Crippen molar-refractivity contribution in [3.05, 3.63) is 59.2 Å². The summed E-state index contributed by atoms with van der Waals surface area (Å²) < 4.78 is 10.4. The topological polar surface area (TPSA) is 72.2 Å². The number of ether oxygens (including phenoxy) is 2. The summed E-state index contributed by atoms with van der Waals surface area (Å²) in [7, 11) is 3.08. The van der Waals surface area contributed by atoms with Crippen molar-refractivity contribution in [1.82, 2.24) is 4.98 Å². The van der Waals surface area contributed by atoms with Crippen molar-refractivity contribution in [2.45, 2.75) is 11.9 Å². The zero-order valence-corrected chi connectivity index (χ0v) is 16.1. The third-order valence-electron chi connectivity index (χ3n) is 4.10. The van der Waals surface area contributed by atoms with Crippen LogP contribution < -0.4 is 9.47 Å². The second-order valence-electron chi connectivity index (χ2n) is 5.93. The number of fused-ring (bicyclic) bond motifs is 1. The van der Waals surface area contributed by atoms with E-state index in [9.17, 15) is 10.1 Å². The largest absolute Gasteiger partial charge is 0.493 e. The van der Waals surface area contributed by atoms with Gasteiger partial charge in [0.05, 0.1) is 31.1 Å². The van der Waals surface area contributed by atoms with Crippen LogP contribution in [0.2, 0.25) is 0 Å². The summed E-state index contributed by atoms with van der Waals surface area (Å²) in [5, 5.41) is 10.9. The second kappa shape index (κ2) is 8.11. The number of carbonyl (C=O) groups excluding carboxylic acids is 1. The van der Waals surface area contributed by atoms with E-state index in [2.05, 4.69) is 11.1 Å². The fourth-order valence-electron chi connectivity index (χ4n) is 2.70. The highest BCUT2D eigenvalue weighted by molar-refractivity contribution is 8.00. The molecule has 0 saturated heterocycles. The van der Waals surface area contributed by atoms with Crippen LogP contribution in [0.15, 0.2) is 47.5 Å². The van der Waals surface area contributed by atoms with E-state index in [4.69, 9.17) is 9.47 Å². The minimum atomic E-state index is -0.0735. The van der Waals surface area contributed by atoms with Gasteiger partial charge in [0, 0.05) is 10.9 Å². The van der Waals surface area contributed by atoms with Crippen LogP contribution in [0.1, 0.15) is 21.5 Å². The number of rotatable bonds is 6. The Bertz CT molecular complexity index is 1060. The summed E-state index contributed by atoms with van der Waals surface area (Å²) in [4.78, 5) is 17.1. The quantitative estimate of drug-likeness (QED) is 0.467. The second-order valence-corrected chi connectivity index (χ2v) is 6.89. The molecule has 5 nitrogen and oxygen atoms in total. The molecule has 6 heteroatoms. The van der Waals surface area contributed by atoms with Crippen LogP contribution in [-0.4, -0.2) is 30.7 Å². The first-order valence-corrected chi connectivity index (χ1v) is 9.24. The number of Topliss-reactive ketones (excluding diaryl/α,β-unsaturated/α-hetero) is 1. The zero-order chi connectivity index (χ0) is 19.4. The molecular weight excluding hydrogens is 360 g/mol. The summed E-state index contributed by atoms with van der Waals surface area (Å²) in [5.74, 6) is 1.18. The number of thioether (sulfide) groups is 1. The first-order chi connectivity index (χ1) is 13.0. The van der Waals surface area contributed by atoms with Gasteiger partial charge in [-0.1, -0.05) is 23.4 Å². The number of methoxy groups -OCH3 is 2. The highest BCUT2D eigenvalue weighted by Gasteiger charge is 2.14. The molecule has 0 saturated carbocycles. The van der Waals surface area contributed by atoms with Gasteiger partial charge in [-0.25, -0.2) is 4.98 Å². The van der Waals surface area contributed by atoms with Crippen molar-refractivity contribution >= 4 is 28.4 Å². The zero-order valence-electron chi connectivity index (χ0n) is 15.3. The molecule has 136 valence electrons.